The Bertz CT molecular complexity index is 1000. The van der Waals surface area contributed by atoms with Crippen LogP contribution in [-0.2, 0) is 15.1 Å². The van der Waals surface area contributed by atoms with Crippen LogP contribution in [0.4, 0.5) is 10.5 Å². The van der Waals surface area contributed by atoms with Crippen LogP contribution in [0.3, 0.4) is 0 Å². The lowest BCUT2D eigenvalue weighted by atomic mass is 10.1. The van der Waals surface area contributed by atoms with E-state index in [1.165, 1.54) is 0 Å². The molecule has 1 fully saturated rings. The Morgan fingerprint density at radius 1 is 0.964 bits per heavy atom. The summed E-state index contributed by atoms with van der Waals surface area (Å²) in [5, 5.41) is 2.27. The lowest BCUT2D eigenvalue weighted by molar-refractivity contribution is -0.122. The van der Waals surface area contributed by atoms with Gasteiger partial charge in [-0.15, -0.1) is 0 Å². The van der Waals surface area contributed by atoms with Gasteiger partial charge in [0.15, 0.2) is 0 Å². The summed E-state index contributed by atoms with van der Waals surface area (Å²) in [6.07, 6.45) is 1.57. The quantitative estimate of drug-likeness (QED) is 0.637. The number of benzene rings is 1. The fourth-order valence-electron chi connectivity index (χ4n) is 3.71. The minimum Gasteiger partial charge on any atom is -0.343 e. The number of carbonyl (C=O) groups excluding carboxylic acids is 3. The van der Waals surface area contributed by atoms with E-state index in [0.29, 0.717) is 5.69 Å². The lowest BCUT2D eigenvalue weighted by Crippen LogP contribution is -2.54. The van der Waals surface area contributed by atoms with Crippen LogP contribution >= 0.6 is 0 Å². The van der Waals surface area contributed by atoms with Crippen molar-refractivity contribution in [3.63, 3.8) is 0 Å². The predicted molar refractivity (Wildman–Crippen MR) is 109 cm³/mol. The monoisotopic (exact) mass is 379 g/mol. The van der Waals surface area contributed by atoms with E-state index in [4.69, 9.17) is 0 Å². The molecule has 1 N–H and O–H groups in total. The van der Waals surface area contributed by atoms with Gasteiger partial charge in [-0.05, 0) is 71.4 Å². The first-order valence-corrected chi connectivity index (χ1v) is 9.18. The molecule has 1 saturated heterocycles. The zero-order chi connectivity index (χ0) is 20.8. The molecule has 0 bridgehead atoms. The van der Waals surface area contributed by atoms with Gasteiger partial charge in [0.1, 0.15) is 5.57 Å². The zero-order valence-corrected chi connectivity index (χ0v) is 17.1. The maximum absolute atomic E-state index is 13.0. The number of anilines is 1. The summed E-state index contributed by atoms with van der Waals surface area (Å²) in [7, 11) is 0. The molecule has 0 spiro atoms. The second kappa shape index (κ2) is 6.78. The van der Waals surface area contributed by atoms with Gasteiger partial charge in [-0.25, -0.2) is 9.69 Å². The number of nitrogens with one attached hydrogen (secondary N) is 1. The van der Waals surface area contributed by atoms with E-state index in [0.717, 1.165) is 27.4 Å². The average Bonchev–Trinajstić information content (AvgIpc) is 2.86. The number of amides is 4. The van der Waals surface area contributed by atoms with E-state index in [2.05, 4.69) is 30.7 Å². The predicted octanol–water partition coefficient (Wildman–Crippen LogP) is 3.83. The normalized spacial score (nSPS) is 16.7. The number of imide groups is 2. The second-order valence-corrected chi connectivity index (χ2v) is 8.13. The number of hydrogen-bond acceptors (Lipinski definition) is 3. The molecule has 1 aliphatic rings. The molecule has 0 unspecified atom stereocenters. The molecule has 0 aliphatic carbocycles. The van der Waals surface area contributed by atoms with Crippen molar-refractivity contribution in [2.75, 3.05) is 4.90 Å². The maximum atomic E-state index is 13.0. The fourth-order valence-corrected chi connectivity index (χ4v) is 3.71. The molecular weight excluding hydrogens is 354 g/mol. The highest BCUT2D eigenvalue weighted by molar-refractivity contribution is 6.39. The summed E-state index contributed by atoms with van der Waals surface area (Å²) in [5.41, 5.74) is 4.01. The number of urea groups is 1. The first kappa shape index (κ1) is 19.6. The van der Waals surface area contributed by atoms with E-state index in [1.807, 2.05) is 39.0 Å². The van der Waals surface area contributed by atoms with Crippen LogP contribution in [-0.4, -0.2) is 22.4 Å². The van der Waals surface area contributed by atoms with Crippen molar-refractivity contribution in [1.29, 1.82) is 0 Å². The van der Waals surface area contributed by atoms with Crippen LogP contribution in [0, 0.1) is 20.8 Å². The molecule has 0 saturated carbocycles. The number of aryl methyl sites for hydroxylation is 2. The number of hydrogen-bond donors (Lipinski definition) is 1. The SMILES string of the molecule is Cc1ccc(N2C(=O)NC(=O)/C(=C\c3cc(C)n(C(C)(C)C)c3C)C2=O)cc1. The standard InChI is InChI=1S/C22H25N3O3/c1-13-7-9-17(10-8-13)24-20(27)18(19(26)23-21(24)28)12-16-11-14(2)25(15(16)3)22(4,5)6/h7-12H,1-6H3,(H,23,26,28)/b18-12+. The van der Waals surface area contributed by atoms with Crippen molar-refractivity contribution >= 4 is 29.6 Å². The molecule has 146 valence electrons. The van der Waals surface area contributed by atoms with Gasteiger partial charge < -0.3 is 4.57 Å². The van der Waals surface area contributed by atoms with Gasteiger partial charge in [-0.2, -0.15) is 0 Å². The van der Waals surface area contributed by atoms with Crippen LogP contribution in [0.25, 0.3) is 6.08 Å². The Hall–Kier alpha value is -3.15. The Balaban J connectivity index is 2.06. The van der Waals surface area contributed by atoms with Gasteiger partial charge in [0.2, 0.25) is 0 Å². The molecule has 1 aliphatic heterocycles. The first-order valence-electron chi connectivity index (χ1n) is 9.18. The Labute approximate surface area is 164 Å². The first-order chi connectivity index (χ1) is 13.0. The second-order valence-electron chi connectivity index (χ2n) is 8.13. The minimum absolute atomic E-state index is 0.0608. The van der Waals surface area contributed by atoms with Gasteiger partial charge in [0, 0.05) is 16.9 Å². The van der Waals surface area contributed by atoms with Gasteiger partial charge in [-0.1, -0.05) is 17.7 Å². The summed E-state index contributed by atoms with van der Waals surface area (Å²) in [5.74, 6) is -1.31. The van der Waals surface area contributed by atoms with E-state index in [9.17, 15) is 14.4 Å². The average molecular weight is 379 g/mol. The summed E-state index contributed by atoms with van der Waals surface area (Å²) in [6, 6.07) is 8.20. The number of nitrogens with zero attached hydrogens (tertiary/aromatic N) is 2. The van der Waals surface area contributed by atoms with E-state index < -0.39 is 17.8 Å². The van der Waals surface area contributed by atoms with Gasteiger partial charge in [0.05, 0.1) is 5.69 Å². The van der Waals surface area contributed by atoms with Gasteiger partial charge in [-0.3, -0.25) is 14.9 Å². The third kappa shape index (κ3) is 3.38. The zero-order valence-electron chi connectivity index (χ0n) is 17.1. The topological polar surface area (TPSA) is 71.4 Å². The molecule has 6 nitrogen and oxygen atoms in total. The van der Waals surface area contributed by atoms with E-state index >= 15 is 0 Å². The molecule has 1 aromatic carbocycles. The molecule has 1 aromatic heterocycles. The summed E-state index contributed by atoms with van der Waals surface area (Å²) >= 11 is 0. The highest BCUT2D eigenvalue weighted by atomic mass is 16.2. The van der Waals surface area contributed by atoms with Crippen molar-refractivity contribution in [3.05, 3.63) is 58.4 Å². The molecular formula is C22H25N3O3. The molecule has 0 radical (unpaired) electrons. The molecule has 28 heavy (non-hydrogen) atoms. The van der Waals surface area contributed by atoms with Crippen molar-refractivity contribution in [3.8, 4) is 0 Å². The Morgan fingerprint density at radius 3 is 2.11 bits per heavy atom. The van der Waals surface area contributed by atoms with Crippen LogP contribution in [0.5, 0.6) is 0 Å². The van der Waals surface area contributed by atoms with Crippen LogP contribution in [0.15, 0.2) is 35.9 Å². The van der Waals surface area contributed by atoms with Crippen molar-refractivity contribution in [1.82, 2.24) is 9.88 Å². The lowest BCUT2D eigenvalue weighted by Gasteiger charge is -2.27. The largest absolute Gasteiger partial charge is 0.343 e. The molecule has 2 heterocycles. The third-order valence-electron chi connectivity index (χ3n) is 4.83. The van der Waals surface area contributed by atoms with Crippen LogP contribution < -0.4 is 10.2 Å². The number of aromatic nitrogens is 1. The molecule has 0 atom stereocenters. The van der Waals surface area contributed by atoms with Crippen molar-refractivity contribution in [2.45, 2.75) is 47.1 Å². The van der Waals surface area contributed by atoms with Gasteiger partial charge >= 0.3 is 6.03 Å². The van der Waals surface area contributed by atoms with Crippen LogP contribution in [0.2, 0.25) is 0 Å². The summed E-state index contributed by atoms with van der Waals surface area (Å²) < 4.78 is 2.16. The smallest absolute Gasteiger partial charge is 0.335 e. The molecule has 4 amide bonds. The summed E-state index contributed by atoms with van der Waals surface area (Å²) in [4.78, 5) is 38.7. The maximum Gasteiger partial charge on any atom is 0.335 e. The molecule has 6 heteroatoms. The number of barbiturate groups is 1. The minimum atomic E-state index is -0.740. The van der Waals surface area contributed by atoms with Crippen molar-refractivity contribution in [2.24, 2.45) is 0 Å². The van der Waals surface area contributed by atoms with Crippen LogP contribution in [0.1, 0.15) is 43.3 Å². The highest BCUT2D eigenvalue weighted by Gasteiger charge is 2.37. The third-order valence-corrected chi connectivity index (χ3v) is 4.83. The Morgan fingerprint density at radius 2 is 1.57 bits per heavy atom. The number of rotatable bonds is 2. The number of carbonyl (C=O) groups is 3. The molecule has 3 rings (SSSR count). The van der Waals surface area contributed by atoms with Gasteiger partial charge in [0.25, 0.3) is 11.8 Å². The van der Waals surface area contributed by atoms with E-state index in [-0.39, 0.29) is 11.1 Å². The van der Waals surface area contributed by atoms with E-state index in [1.54, 1.807) is 18.2 Å². The summed E-state index contributed by atoms with van der Waals surface area (Å²) in [6.45, 7) is 12.2. The Kier molecular flexibility index (Phi) is 4.75. The fraction of sp³-hybridized carbons (Fsp3) is 0.318. The van der Waals surface area contributed by atoms with Crippen molar-refractivity contribution < 1.29 is 14.4 Å². The highest BCUT2D eigenvalue weighted by Crippen LogP contribution is 2.27. The molecule has 2 aromatic rings.